The number of carbonyl (C=O) groups is 1. The lowest BCUT2D eigenvalue weighted by atomic mass is 9.99. The highest BCUT2D eigenvalue weighted by atomic mass is 32.3. The van der Waals surface area contributed by atoms with Crippen LogP contribution in [-0.2, 0) is 28.9 Å². The molecule has 1 saturated heterocycles. The molecule has 8 atom stereocenters. The molecule has 1 heterocycles. The molecule has 0 spiro atoms. The van der Waals surface area contributed by atoms with Crippen molar-refractivity contribution in [2.45, 2.75) is 217 Å². The minimum Gasteiger partial charge on any atom is -0.394 e. The Kier molecular flexibility index (Phi) is 31.8. The van der Waals surface area contributed by atoms with Gasteiger partial charge in [0.05, 0.1) is 25.4 Å². The number of allylic oxidation sites excluding steroid dienone is 5. The SMILES string of the molecule is CCCCCCCCC/C=C\CCCCCCC(O)C(=O)NC(COC1OC(CO)C(O)C(OS(=O)(=O)O)C1O)C(O)/C=C/CC/C=C/CCCCCCCCC. The van der Waals surface area contributed by atoms with Crippen LogP contribution in [0, 0.1) is 0 Å². The van der Waals surface area contributed by atoms with Crippen molar-refractivity contribution in [2.75, 3.05) is 13.2 Å². The standard InChI is InChI=1S/C43H79NO12S/c1-3-5-7-9-11-13-15-17-18-20-22-24-26-28-30-32-37(47)42(50)44-35(36(46)31-29-27-25-23-21-19-16-14-12-10-8-6-4-2)34-54-43-40(49)41(56-57(51,52)53)39(48)38(33-45)55-43/h18,20-21,23,29,31,35-41,43,45-49H,3-17,19,22,24-28,30,32-34H2,1-2H3,(H,44,50)(H,51,52,53)/b20-18-,23-21+,31-29+. The van der Waals surface area contributed by atoms with E-state index in [1.54, 1.807) is 6.08 Å². The van der Waals surface area contributed by atoms with Crippen LogP contribution in [0.5, 0.6) is 0 Å². The summed E-state index contributed by atoms with van der Waals surface area (Å²) < 4.78 is 47.4. The Morgan fingerprint density at radius 3 is 1.68 bits per heavy atom. The zero-order chi connectivity index (χ0) is 42.2. The molecule has 334 valence electrons. The molecule has 1 fully saturated rings. The number of aliphatic hydroxyl groups is 5. The molecule has 1 rings (SSSR count). The monoisotopic (exact) mass is 834 g/mol. The van der Waals surface area contributed by atoms with E-state index in [1.165, 1.54) is 89.5 Å². The van der Waals surface area contributed by atoms with Crippen LogP contribution in [0.3, 0.4) is 0 Å². The topological polar surface area (TPSA) is 212 Å². The number of carbonyl (C=O) groups excluding carboxylic acids is 1. The molecule has 1 aliphatic rings. The molecule has 57 heavy (non-hydrogen) atoms. The zero-order valence-electron chi connectivity index (χ0n) is 35.0. The van der Waals surface area contributed by atoms with E-state index in [0.717, 1.165) is 51.4 Å². The van der Waals surface area contributed by atoms with E-state index in [1.807, 2.05) is 0 Å². The fourth-order valence-electron chi connectivity index (χ4n) is 6.70. The lowest BCUT2D eigenvalue weighted by molar-refractivity contribution is -0.298. The fraction of sp³-hybridized carbons (Fsp3) is 0.837. The van der Waals surface area contributed by atoms with Crippen molar-refractivity contribution in [1.82, 2.24) is 5.32 Å². The van der Waals surface area contributed by atoms with Gasteiger partial charge in [0.1, 0.15) is 30.5 Å². The Bertz CT molecular complexity index is 1180. The first-order valence-corrected chi connectivity index (χ1v) is 23.3. The van der Waals surface area contributed by atoms with Gasteiger partial charge in [-0.25, -0.2) is 4.18 Å². The zero-order valence-corrected chi connectivity index (χ0v) is 35.8. The molecule has 1 amide bonds. The van der Waals surface area contributed by atoms with E-state index in [4.69, 9.17) is 14.0 Å². The van der Waals surface area contributed by atoms with E-state index in [2.05, 4.69) is 47.7 Å². The molecule has 0 aliphatic carbocycles. The van der Waals surface area contributed by atoms with Crippen LogP contribution < -0.4 is 5.32 Å². The van der Waals surface area contributed by atoms with Crippen molar-refractivity contribution < 1.29 is 57.0 Å². The summed E-state index contributed by atoms with van der Waals surface area (Å²) in [6.45, 7) is 3.16. The summed E-state index contributed by atoms with van der Waals surface area (Å²) in [6, 6.07) is -1.14. The Hall–Kier alpha value is -1.72. The predicted molar refractivity (Wildman–Crippen MR) is 224 cm³/mol. The minimum atomic E-state index is -5.12. The van der Waals surface area contributed by atoms with Crippen LogP contribution in [-0.4, -0.2) is 107 Å². The number of nitrogens with one attached hydrogen (secondary N) is 1. The number of amides is 1. The maximum Gasteiger partial charge on any atom is 0.397 e. The molecule has 8 unspecified atom stereocenters. The number of aliphatic hydroxyl groups excluding tert-OH is 5. The van der Waals surface area contributed by atoms with Crippen molar-refractivity contribution >= 4 is 16.3 Å². The third kappa shape index (κ3) is 26.9. The molecule has 14 heteroatoms. The molecular formula is C43H79NO12S. The van der Waals surface area contributed by atoms with Gasteiger partial charge < -0.3 is 40.3 Å². The van der Waals surface area contributed by atoms with Crippen LogP contribution in [0.15, 0.2) is 36.5 Å². The van der Waals surface area contributed by atoms with E-state index < -0.39 is 78.5 Å². The van der Waals surface area contributed by atoms with E-state index >= 15 is 0 Å². The van der Waals surface area contributed by atoms with Crippen LogP contribution in [0.1, 0.15) is 168 Å². The Morgan fingerprint density at radius 1 is 0.702 bits per heavy atom. The second-order valence-electron chi connectivity index (χ2n) is 15.4. The number of ether oxygens (including phenoxy) is 2. The third-order valence-corrected chi connectivity index (χ3v) is 10.7. The molecule has 0 aromatic rings. The maximum atomic E-state index is 13.1. The molecule has 1 aliphatic heterocycles. The minimum absolute atomic E-state index is 0.222. The molecule has 7 N–H and O–H groups in total. The van der Waals surface area contributed by atoms with Crippen molar-refractivity contribution in [2.24, 2.45) is 0 Å². The third-order valence-electron chi connectivity index (χ3n) is 10.3. The van der Waals surface area contributed by atoms with Gasteiger partial charge in [-0.3, -0.25) is 9.35 Å². The van der Waals surface area contributed by atoms with Crippen molar-refractivity contribution in [3.8, 4) is 0 Å². The van der Waals surface area contributed by atoms with Gasteiger partial charge in [0.2, 0.25) is 5.91 Å². The Morgan fingerprint density at radius 2 is 1.18 bits per heavy atom. The maximum absolute atomic E-state index is 13.1. The van der Waals surface area contributed by atoms with Gasteiger partial charge in [-0.15, -0.1) is 0 Å². The molecule has 0 aromatic carbocycles. The van der Waals surface area contributed by atoms with E-state index in [0.29, 0.717) is 12.8 Å². The smallest absolute Gasteiger partial charge is 0.394 e. The first-order chi connectivity index (χ1) is 27.4. The van der Waals surface area contributed by atoms with Crippen LogP contribution in [0.4, 0.5) is 0 Å². The summed E-state index contributed by atoms with van der Waals surface area (Å²) in [5.74, 6) is -0.723. The van der Waals surface area contributed by atoms with Gasteiger partial charge in [0, 0.05) is 0 Å². The normalized spacial score (nSPS) is 22.1. The number of unbranched alkanes of at least 4 members (excludes halogenated alkanes) is 19. The van der Waals surface area contributed by atoms with Gasteiger partial charge in [-0.05, 0) is 57.8 Å². The van der Waals surface area contributed by atoms with E-state index in [-0.39, 0.29) is 6.42 Å². The number of hydrogen-bond acceptors (Lipinski definition) is 11. The van der Waals surface area contributed by atoms with Crippen molar-refractivity contribution in [1.29, 1.82) is 0 Å². The van der Waals surface area contributed by atoms with E-state index in [9.17, 15) is 38.7 Å². The van der Waals surface area contributed by atoms with Crippen LogP contribution >= 0.6 is 0 Å². The lowest BCUT2D eigenvalue weighted by Crippen LogP contribution is -2.61. The largest absolute Gasteiger partial charge is 0.397 e. The average molecular weight is 834 g/mol. The molecule has 0 bridgehead atoms. The van der Waals surface area contributed by atoms with Gasteiger partial charge >= 0.3 is 10.4 Å². The number of rotatable bonds is 36. The summed E-state index contributed by atoms with van der Waals surface area (Å²) in [4.78, 5) is 13.1. The average Bonchev–Trinajstić information content (AvgIpc) is 3.18. The van der Waals surface area contributed by atoms with Gasteiger partial charge in [-0.2, -0.15) is 8.42 Å². The number of hydrogen-bond donors (Lipinski definition) is 7. The molecule has 0 saturated carbocycles. The Labute approximate surface area is 344 Å². The fourth-order valence-corrected chi connectivity index (χ4v) is 7.21. The lowest BCUT2D eigenvalue weighted by Gasteiger charge is -2.41. The molecular weight excluding hydrogens is 755 g/mol. The summed E-state index contributed by atoms with van der Waals surface area (Å²) in [5, 5.41) is 55.0. The van der Waals surface area contributed by atoms with Gasteiger partial charge in [0.15, 0.2) is 6.29 Å². The molecule has 13 nitrogen and oxygen atoms in total. The van der Waals surface area contributed by atoms with Crippen LogP contribution in [0.25, 0.3) is 0 Å². The van der Waals surface area contributed by atoms with Crippen molar-refractivity contribution in [3.63, 3.8) is 0 Å². The van der Waals surface area contributed by atoms with Crippen molar-refractivity contribution in [3.05, 3.63) is 36.5 Å². The highest BCUT2D eigenvalue weighted by molar-refractivity contribution is 7.80. The first kappa shape index (κ1) is 53.3. The summed E-state index contributed by atoms with van der Waals surface area (Å²) in [5.41, 5.74) is 0. The second-order valence-corrected chi connectivity index (χ2v) is 16.5. The Balaban J connectivity index is 2.66. The second kappa shape index (κ2) is 34.0. The van der Waals surface area contributed by atoms with Gasteiger partial charge in [-0.1, -0.05) is 147 Å². The summed E-state index contributed by atoms with van der Waals surface area (Å²) in [7, 11) is -5.12. The molecule has 0 aromatic heterocycles. The van der Waals surface area contributed by atoms with Gasteiger partial charge in [0.25, 0.3) is 0 Å². The van der Waals surface area contributed by atoms with Crippen LogP contribution in [0.2, 0.25) is 0 Å². The predicted octanol–water partition coefficient (Wildman–Crippen LogP) is 6.91. The highest BCUT2D eigenvalue weighted by Gasteiger charge is 2.48. The first-order valence-electron chi connectivity index (χ1n) is 22.0. The summed E-state index contributed by atoms with van der Waals surface area (Å²) in [6.07, 6.45) is 26.6. The summed E-state index contributed by atoms with van der Waals surface area (Å²) >= 11 is 0. The molecule has 0 radical (unpaired) electrons. The highest BCUT2D eigenvalue weighted by Crippen LogP contribution is 2.26. The quantitative estimate of drug-likeness (QED) is 0.0195.